The van der Waals surface area contributed by atoms with Gasteiger partial charge in [0.2, 0.25) is 0 Å². The Labute approximate surface area is 122 Å². The summed E-state index contributed by atoms with van der Waals surface area (Å²) < 4.78 is 33.5. The Bertz CT molecular complexity index is 422. The Morgan fingerprint density at radius 1 is 1.40 bits per heavy atom. The molecular formula is C13H26N2O4S. The number of esters is 1. The number of hydrogen-bond donors (Lipinski definition) is 1. The van der Waals surface area contributed by atoms with Crippen molar-refractivity contribution in [3.05, 3.63) is 0 Å². The molecule has 2 atom stereocenters. The predicted octanol–water partition coefficient (Wildman–Crippen LogP) is 1.28. The van der Waals surface area contributed by atoms with E-state index in [9.17, 15) is 13.2 Å². The van der Waals surface area contributed by atoms with Crippen molar-refractivity contribution >= 4 is 16.2 Å². The van der Waals surface area contributed by atoms with Gasteiger partial charge in [-0.3, -0.25) is 4.79 Å². The van der Waals surface area contributed by atoms with E-state index in [0.29, 0.717) is 13.0 Å². The van der Waals surface area contributed by atoms with Gasteiger partial charge in [0.15, 0.2) is 0 Å². The van der Waals surface area contributed by atoms with Gasteiger partial charge in [-0.25, -0.2) is 0 Å². The minimum Gasteiger partial charge on any atom is -0.468 e. The number of piperidine rings is 1. The van der Waals surface area contributed by atoms with Gasteiger partial charge in [0.25, 0.3) is 10.2 Å². The number of carbonyl (C=O) groups excluding carboxylic acids is 1. The van der Waals surface area contributed by atoms with Gasteiger partial charge >= 0.3 is 5.97 Å². The zero-order valence-electron chi connectivity index (χ0n) is 12.8. The zero-order chi connectivity index (χ0) is 15.3. The summed E-state index contributed by atoms with van der Waals surface area (Å²) in [7, 11) is -2.38. The molecule has 7 heteroatoms. The van der Waals surface area contributed by atoms with Crippen molar-refractivity contribution < 1.29 is 17.9 Å². The maximum Gasteiger partial charge on any atom is 0.323 e. The van der Waals surface area contributed by atoms with Gasteiger partial charge in [-0.1, -0.05) is 20.3 Å². The Morgan fingerprint density at radius 2 is 2.05 bits per heavy atom. The molecule has 0 spiro atoms. The van der Waals surface area contributed by atoms with E-state index in [1.165, 1.54) is 11.4 Å². The van der Waals surface area contributed by atoms with Crippen LogP contribution in [0.25, 0.3) is 0 Å². The average Bonchev–Trinajstić information content (AvgIpc) is 2.36. The minimum absolute atomic E-state index is 0.0291. The molecule has 2 unspecified atom stereocenters. The number of rotatable bonds is 6. The highest BCUT2D eigenvalue weighted by Gasteiger charge is 2.33. The molecule has 1 rings (SSSR count). The van der Waals surface area contributed by atoms with Gasteiger partial charge < -0.3 is 4.74 Å². The zero-order valence-corrected chi connectivity index (χ0v) is 13.6. The summed E-state index contributed by atoms with van der Waals surface area (Å²) in [6, 6.07) is -0.849. The molecule has 1 aliphatic rings. The lowest BCUT2D eigenvalue weighted by atomic mass is 10.1. The van der Waals surface area contributed by atoms with Gasteiger partial charge in [0.1, 0.15) is 6.04 Å². The third-order valence-corrected chi connectivity index (χ3v) is 5.28. The molecule has 118 valence electrons. The normalized spacial score (nSPS) is 22.8. The SMILES string of the molecule is COC(=O)C(CC(C)C)NS(=O)(=O)N1CCCCC1C. The van der Waals surface area contributed by atoms with Crippen LogP contribution in [0.3, 0.4) is 0 Å². The fraction of sp³-hybridized carbons (Fsp3) is 0.923. The van der Waals surface area contributed by atoms with Gasteiger partial charge in [-0.2, -0.15) is 17.4 Å². The lowest BCUT2D eigenvalue weighted by Crippen LogP contribution is -2.52. The third-order valence-electron chi connectivity index (χ3n) is 3.53. The van der Waals surface area contributed by atoms with Crippen LogP contribution in [0.2, 0.25) is 0 Å². The fourth-order valence-electron chi connectivity index (χ4n) is 2.48. The molecular weight excluding hydrogens is 280 g/mol. The topological polar surface area (TPSA) is 75.7 Å². The van der Waals surface area contributed by atoms with Crippen molar-refractivity contribution in [3.63, 3.8) is 0 Å². The number of hydrogen-bond acceptors (Lipinski definition) is 4. The molecule has 0 amide bonds. The Balaban J connectivity index is 2.81. The smallest absolute Gasteiger partial charge is 0.323 e. The molecule has 1 aliphatic heterocycles. The first-order valence-electron chi connectivity index (χ1n) is 7.15. The first kappa shape index (κ1) is 17.4. The van der Waals surface area contributed by atoms with Crippen LogP contribution in [0.1, 0.15) is 46.5 Å². The second-order valence-corrected chi connectivity index (χ2v) is 7.44. The summed E-state index contributed by atoms with van der Waals surface area (Å²) in [5.41, 5.74) is 0. The Hall–Kier alpha value is -0.660. The van der Waals surface area contributed by atoms with Crippen LogP contribution in [0.15, 0.2) is 0 Å². The van der Waals surface area contributed by atoms with E-state index in [-0.39, 0.29) is 12.0 Å². The third kappa shape index (κ3) is 4.71. The Kier molecular flexibility index (Phi) is 6.42. The van der Waals surface area contributed by atoms with E-state index < -0.39 is 22.2 Å². The summed E-state index contributed by atoms with van der Waals surface area (Å²) >= 11 is 0. The first-order valence-corrected chi connectivity index (χ1v) is 8.59. The molecule has 0 aliphatic carbocycles. The van der Waals surface area contributed by atoms with E-state index in [1.807, 2.05) is 20.8 Å². The maximum absolute atomic E-state index is 12.4. The molecule has 0 radical (unpaired) electrons. The van der Waals surface area contributed by atoms with Crippen LogP contribution in [-0.4, -0.2) is 44.4 Å². The lowest BCUT2D eigenvalue weighted by molar-refractivity contribution is -0.143. The second-order valence-electron chi connectivity index (χ2n) is 5.78. The Morgan fingerprint density at radius 3 is 2.55 bits per heavy atom. The highest BCUT2D eigenvalue weighted by Crippen LogP contribution is 2.20. The number of nitrogens with one attached hydrogen (secondary N) is 1. The predicted molar refractivity (Wildman–Crippen MR) is 77.3 cm³/mol. The van der Waals surface area contributed by atoms with E-state index in [1.54, 1.807) is 0 Å². The molecule has 0 bridgehead atoms. The minimum atomic E-state index is -3.65. The lowest BCUT2D eigenvalue weighted by Gasteiger charge is -2.33. The van der Waals surface area contributed by atoms with Crippen LogP contribution in [-0.2, 0) is 19.7 Å². The molecule has 0 aromatic heterocycles. The fourth-order valence-corrected chi connectivity index (χ4v) is 4.12. The molecule has 0 aromatic rings. The van der Waals surface area contributed by atoms with Crippen LogP contribution in [0.4, 0.5) is 0 Å². The number of carbonyl (C=O) groups is 1. The van der Waals surface area contributed by atoms with Crippen LogP contribution in [0, 0.1) is 5.92 Å². The van der Waals surface area contributed by atoms with Gasteiger partial charge in [-0.15, -0.1) is 0 Å². The molecule has 1 N–H and O–H groups in total. The van der Waals surface area contributed by atoms with Crippen molar-refractivity contribution in [2.24, 2.45) is 5.92 Å². The van der Waals surface area contributed by atoms with Crippen LogP contribution < -0.4 is 4.72 Å². The van der Waals surface area contributed by atoms with E-state index in [2.05, 4.69) is 9.46 Å². The van der Waals surface area contributed by atoms with Gasteiger partial charge in [-0.05, 0) is 32.1 Å². The highest BCUT2D eigenvalue weighted by atomic mass is 32.2. The number of nitrogens with zero attached hydrogens (tertiary/aromatic N) is 1. The summed E-state index contributed by atoms with van der Waals surface area (Å²) in [5.74, 6) is -0.340. The molecule has 0 saturated carbocycles. The molecule has 1 saturated heterocycles. The van der Waals surface area contributed by atoms with E-state index >= 15 is 0 Å². The largest absolute Gasteiger partial charge is 0.468 e. The first-order chi connectivity index (χ1) is 9.27. The van der Waals surface area contributed by atoms with Crippen LogP contribution >= 0.6 is 0 Å². The molecule has 20 heavy (non-hydrogen) atoms. The summed E-state index contributed by atoms with van der Waals surface area (Å²) in [4.78, 5) is 11.7. The number of ether oxygens (including phenoxy) is 1. The molecule has 1 heterocycles. The van der Waals surface area contributed by atoms with Crippen molar-refractivity contribution in [2.45, 2.75) is 58.5 Å². The van der Waals surface area contributed by atoms with Gasteiger partial charge in [0.05, 0.1) is 7.11 Å². The quantitative estimate of drug-likeness (QED) is 0.750. The standard InChI is InChI=1S/C13H26N2O4S/c1-10(2)9-12(13(16)19-4)14-20(17,18)15-8-6-5-7-11(15)3/h10-12,14H,5-9H2,1-4H3. The van der Waals surface area contributed by atoms with E-state index in [4.69, 9.17) is 0 Å². The summed E-state index contributed by atoms with van der Waals surface area (Å²) in [6.07, 6.45) is 3.18. The second kappa shape index (κ2) is 7.38. The number of methoxy groups -OCH3 is 1. The van der Waals surface area contributed by atoms with Crippen molar-refractivity contribution in [2.75, 3.05) is 13.7 Å². The van der Waals surface area contributed by atoms with Crippen molar-refractivity contribution in [1.82, 2.24) is 9.03 Å². The highest BCUT2D eigenvalue weighted by molar-refractivity contribution is 7.87. The maximum atomic E-state index is 12.4. The monoisotopic (exact) mass is 306 g/mol. The van der Waals surface area contributed by atoms with Gasteiger partial charge in [0, 0.05) is 12.6 Å². The summed E-state index contributed by atoms with van der Waals surface area (Å²) in [5, 5.41) is 0. The molecule has 1 fully saturated rings. The van der Waals surface area contributed by atoms with Crippen molar-refractivity contribution in [1.29, 1.82) is 0 Å². The van der Waals surface area contributed by atoms with E-state index in [0.717, 1.165) is 19.3 Å². The molecule has 6 nitrogen and oxygen atoms in total. The van der Waals surface area contributed by atoms with Crippen LogP contribution in [0.5, 0.6) is 0 Å². The average molecular weight is 306 g/mol. The molecule has 0 aromatic carbocycles. The summed E-state index contributed by atoms with van der Waals surface area (Å²) in [6.45, 7) is 6.28. The van der Waals surface area contributed by atoms with Crippen molar-refractivity contribution in [3.8, 4) is 0 Å².